The number of fused-ring (bicyclic) bond motifs is 1. The van der Waals surface area contributed by atoms with Gasteiger partial charge in [-0.05, 0) is 61.4 Å². The molecule has 0 unspecified atom stereocenters. The van der Waals surface area contributed by atoms with Crippen LogP contribution in [-0.2, 0) is 16.9 Å². The van der Waals surface area contributed by atoms with E-state index in [0.29, 0.717) is 0 Å². The van der Waals surface area contributed by atoms with Gasteiger partial charge in [-0.1, -0.05) is 36.4 Å². The highest BCUT2D eigenvalue weighted by atomic mass is 16.7. The van der Waals surface area contributed by atoms with Crippen LogP contribution in [0.1, 0.15) is 25.0 Å². The molecule has 2 heterocycles. The Labute approximate surface area is 213 Å². The van der Waals surface area contributed by atoms with E-state index in [2.05, 4.69) is 62.9 Å². The zero-order valence-corrected chi connectivity index (χ0v) is 21.0. The Balaban J connectivity index is 1.09. The largest absolute Gasteiger partial charge is 0.454 e. The van der Waals surface area contributed by atoms with Crippen LogP contribution in [0.4, 0.5) is 11.4 Å². The van der Waals surface area contributed by atoms with Crippen LogP contribution >= 0.6 is 0 Å². The molecule has 2 N–H and O–H groups in total. The number of nitrogens with one attached hydrogen (secondary N) is 2. The number of ether oxygens (including phenoxy) is 2. The highest BCUT2D eigenvalue weighted by Gasteiger charge is 2.24. The fourth-order valence-corrected chi connectivity index (χ4v) is 4.66. The van der Waals surface area contributed by atoms with Crippen LogP contribution in [0.3, 0.4) is 0 Å². The minimum absolute atomic E-state index is 0.0777. The standard InChI is InChI=1S/C29H34N4O3/c1-29(2,23-8-13-26-27(18-23)36-21-35-26)30-19-28(34)31-24-9-11-25(12-10-24)33-16-14-32(15-17-33)20-22-6-4-3-5-7-22/h3-13,18,30H,14-17,19-21H2,1-2H3,(H,31,34). The smallest absolute Gasteiger partial charge is 0.238 e. The lowest BCUT2D eigenvalue weighted by molar-refractivity contribution is -0.115. The van der Waals surface area contributed by atoms with Crippen molar-refractivity contribution in [3.63, 3.8) is 0 Å². The summed E-state index contributed by atoms with van der Waals surface area (Å²) < 4.78 is 10.9. The predicted molar refractivity (Wildman–Crippen MR) is 143 cm³/mol. The SMILES string of the molecule is CC(C)(NCC(=O)Nc1ccc(N2CCN(Cc3ccccc3)CC2)cc1)c1ccc2c(c1)OCO2. The summed E-state index contributed by atoms with van der Waals surface area (Å²) in [4.78, 5) is 17.5. The van der Waals surface area contributed by atoms with E-state index in [1.165, 1.54) is 11.3 Å². The quantitative estimate of drug-likeness (QED) is 0.498. The maximum atomic E-state index is 12.6. The number of carbonyl (C=O) groups excluding carboxylic acids is 1. The minimum Gasteiger partial charge on any atom is -0.454 e. The van der Waals surface area contributed by atoms with Gasteiger partial charge in [0.2, 0.25) is 12.7 Å². The number of anilines is 2. The van der Waals surface area contributed by atoms with E-state index in [4.69, 9.17) is 9.47 Å². The Bertz CT molecular complexity index is 1170. The van der Waals surface area contributed by atoms with E-state index in [9.17, 15) is 4.79 Å². The molecule has 0 radical (unpaired) electrons. The van der Waals surface area contributed by atoms with Crippen molar-refractivity contribution < 1.29 is 14.3 Å². The second-order valence-corrected chi connectivity index (χ2v) is 9.89. The summed E-state index contributed by atoms with van der Waals surface area (Å²) in [6.45, 7) is 9.62. The van der Waals surface area contributed by atoms with Crippen LogP contribution in [-0.4, -0.2) is 50.3 Å². The molecule has 0 bridgehead atoms. The third kappa shape index (κ3) is 5.80. The van der Waals surface area contributed by atoms with Crippen molar-refractivity contribution in [1.82, 2.24) is 10.2 Å². The van der Waals surface area contributed by atoms with E-state index in [-0.39, 0.29) is 19.2 Å². The summed E-state index contributed by atoms with van der Waals surface area (Å²) in [6, 6.07) is 24.6. The number of benzene rings is 3. The lowest BCUT2D eigenvalue weighted by atomic mass is 9.94. The summed E-state index contributed by atoms with van der Waals surface area (Å²) >= 11 is 0. The summed E-state index contributed by atoms with van der Waals surface area (Å²) in [6.07, 6.45) is 0. The number of rotatable bonds is 8. The Morgan fingerprint density at radius 3 is 2.36 bits per heavy atom. The van der Waals surface area contributed by atoms with Crippen molar-refractivity contribution >= 4 is 17.3 Å². The van der Waals surface area contributed by atoms with Gasteiger partial charge in [0.25, 0.3) is 0 Å². The molecule has 0 spiro atoms. The number of hydrogen-bond acceptors (Lipinski definition) is 6. The second-order valence-electron chi connectivity index (χ2n) is 9.89. The maximum absolute atomic E-state index is 12.6. The van der Waals surface area contributed by atoms with Crippen molar-refractivity contribution in [2.45, 2.75) is 25.9 Å². The van der Waals surface area contributed by atoms with Gasteiger partial charge in [0.1, 0.15) is 0 Å². The Hall–Kier alpha value is -3.55. The molecule has 0 aromatic heterocycles. The summed E-state index contributed by atoms with van der Waals surface area (Å²) in [5.41, 5.74) is 3.99. The van der Waals surface area contributed by atoms with Gasteiger partial charge >= 0.3 is 0 Å². The highest BCUT2D eigenvalue weighted by Crippen LogP contribution is 2.35. The van der Waals surface area contributed by atoms with Gasteiger partial charge < -0.3 is 19.7 Å². The number of nitrogens with zero attached hydrogens (tertiary/aromatic N) is 2. The molecule has 1 amide bonds. The molecule has 1 saturated heterocycles. The Morgan fingerprint density at radius 2 is 1.61 bits per heavy atom. The van der Waals surface area contributed by atoms with Crippen LogP contribution in [0.5, 0.6) is 11.5 Å². The molecular weight excluding hydrogens is 452 g/mol. The lowest BCUT2D eigenvalue weighted by Crippen LogP contribution is -2.45. The van der Waals surface area contributed by atoms with E-state index in [1.54, 1.807) is 0 Å². The van der Waals surface area contributed by atoms with Gasteiger partial charge in [-0.25, -0.2) is 0 Å². The van der Waals surface area contributed by atoms with Crippen LogP contribution in [0.15, 0.2) is 72.8 Å². The molecule has 36 heavy (non-hydrogen) atoms. The predicted octanol–water partition coefficient (Wildman–Crippen LogP) is 4.20. The molecule has 188 valence electrons. The van der Waals surface area contributed by atoms with Gasteiger partial charge in [-0.3, -0.25) is 15.0 Å². The topological polar surface area (TPSA) is 66.1 Å². The molecule has 2 aliphatic heterocycles. The van der Waals surface area contributed by atoms with Crippen molar-refractivity contribution in [2.24, 2.45) is 0 Å². The first kappa shape index (κ1) is 24.2. The van der Waals surface area contributed by atoms with Crippen LogP contribution in [0.25, 0.3) is 0 Å². The summed E-state index contributed by atoms with van der Waals surface area (Å²) in [5.74, 6) is 1.42. The van der Waals surface area contributed by atoms with E-state index in [0.717, 1.165) is 55.5 Å². The van der Waals surface area contributed by atoms with E-state index < -0.39 is 5.54 Å². The normalized spacial score (nSPS) is 15.7. The fourth-order valence-electron chi connectivity index (χ4n) is 4.66. The highest BCUT2D eigenvalue weighted by molar-refractivity contribution is 5.92. The Kier molecular flexibility index (Phi) is 7.11. The van der Waals surface area contributed by atoms with Gasteiger partial charge in [0.05, 0.1) is 6.54 Å². The first-order chi connectivity index (χ1) is 17.5. The first-order valence-electron chi connectivity index (χ1n) is 12.5. The average Bonchev–Trinajstić information content (AvgIpc) is 3.37. The molecule has 7 nitrogen and oxygen atoms in total. The van der Waals surface area contributed by atoms with Crippen molar-refractivity contribution in [3.05, 3.63) is 83.9 Å². The van der Waals surface area contributed by atoms with E-state index >= 15 is 0 Å². The molecule has 3 aromatic carbocycles. The molecule has 7 heteroatoms. The third-order valence-corrected chi connectivity index (χ3v) is 6.92. The molecule has 0 atom stereocenters. The second kappa shape index (κ2) is 10.6. The summed E-state index contributed by atoms with van der Waals surface area (Å²) in [7, 11) is 0. The van der Waals surface area contributed by atoms with Gasteiger partial charge in [0.15, 0.2) is 11.5 Å². The average molecular weight is 487 g/mol. The fraction of sp³-hybridized carbons (Fsp3) is 0.345. The number of piperazine rings is 1. The number of carbonyl (C=O) groups is 1. The Morgan fingerprint density at radius 1 is 0.889 bits per heavy atom. The van der Waals surface area contributed by atoms with Crippen molar-refractivity contribution in [1.29, 1.82) is 0 Å². The monoisotopic (exact) mass is 486 g/mol. The zero-order chi connectivity index (χ0) is 25.0. The molecular formula is C29H34N4O3. The molecule has 0 aliphatic carbocycles. The van der Waals surface area contributed by atoms with Gasteiger partial charge in [0, 0.05) is 49.6 Å². The third-order valence-electron chi connectivity index (χ3n) is 6.92. The molecule has 0 saturated carbocycles. The zero-order valence-electron chi connectivity index (χ0n) is 21.0. The lowest BCUT2D eigenvalue weighted by Gasteiger charge is -2.36. The molecule has 2 aliphatic rings. The van der Waals surface area contributed by atoms with Gasteiger partial charge in [-0.2, -0.15) is 0 Å². The molecule has 5 rings (SSSR count). The first-order valence-corrected chi connectivity index (χ1v) is 12.5. The van der Waals surface area contributed by atoms with Crippen LogP contribution in [0.2, 0.25) is 0 Å². The molecule has 3 aromatic rings. The number of amides is 1. The number of hydrogen-bond donors (Lipinski definition) is 2. The van der Waals surface area contributed by atoms with Gasteiger partial charge in [-0.15, -0.1) is 0 Å². The van der Waals surface area contributed by atoms with Crippen molar-refractivity contribution in [2.75, 3.05) is 49.7 Å². The maximum Gasteiger partial charge on any atom is 0.238 e. The molecule has 1 fully saturated rings. The van der Waals surface area contributed by atoms with Crippen molar-refractivity contribution in [3.8, 4) is 11.5 Å². The summed E-state index contributed by atoms with van der Waals surface area (Å²) in [5, 5.41) is 6.35. The minimum atomic E-state index is -0.398. The van der Waals surface area contributed by atoms with Crippen LogP contribution in [0, 0.1) is 0 Å². The van der Waals surface area contributed by atoms with Crippen LogP contribution < -0.4 is 25.0 Å². The van der Waals surface area contributed by atoms with E-state index in [1.807, 2.05) is 44.2 Å².